The summed E-state index contributed by atoms with van der Waals surface area (Å²) in [6.07, 6.45) is 0.492. The molecule has 2 aromatic carbocycles. The van der Waals surface area contributed by atoms with E-state index in [2.05, 4.69) is 17.5 Å². The number of nitrogens with zero attached hydrogens (tertiary/aromatic N) is 3. The van der Waals surface area contributed by atoms with E-state index in [1.165, 1.54) is 0 Å². The van der Waals surface area contributed by atoms with Gasteiger partial charge in [-0.1, -0.05) is 24.3 Å². The number of hydrogen-bond donors (Lipinski definition) is 1. The fourth-order valence-electron chi connectivity index (χ4n) is 3.08. The Morgan fingerprint density at radius 1 is 1.24 bits per heavy atom. The number of carbonyl (C=O) groups is 1. The van der Waals surface area contributed by atoms with Crippen LogP contribution < -0.4 is 5.32 Å². The third-order valence-corrected chi connectivity index (χ3v) is 4.60. The van der Waals surface area contributed by atoms with Gasteiger partial charge in [0.15, 0.2) is 0 Å². The van der Waals surface area contributed by atoms with E-state index in [1.807, 2.05) is 43.3 Å². The molecule has 1 heterocycles. The van der Waals surface area contributed by atoms with E-state index >= 15 is 0 Å². The lowest BCUT2D eigenvalue weighted by molar-refractivity contribution is 0.218. The van der Waals surface area contributed by atoms with Gasteiger partial charge in [0.25, 0.3) is 0 Å². The van der Waals surface area contributed by atoms with E-state index in [4.69, 9.17) is 5.26 Å². The van der Waals surface area contributed by atoms with Crippen molar-refractivity contribution in [1.29, 1.82) is 10.5 Å². The smallest absolute Gasteiger partial charge is 0.321 e. The molecule has 5 nitrogen and oxygen atoms in total. The van der Waals surface area contributed by atoms with Crippen LogP contribution in [0.1, 0.15) is 29.2 Å². The largest absolute Gasteiger partial charge is 0.323 e. The van der Waals surface area contributed by atoms with Crippen LogP contribution in [0.25, 0.3) is 0 Å². The van der Waals surface area contributed by atoms with Gasteiger partial charge in [-0.15, -0.1) is 0 Å². The average Bonchev–Trinajstić information content (AvgIpc) is 2.62. The summed E-state index contributed by atoms with van der Waals surface area (Å²) < 4.78 is 0. The zero-order valence-corrected chi connectivity index (χ0v) is 14.2. The molecule has 0 fully saturated rings. The van der Waals surface area contributed by atoms with Crippen LogP contribution >= 0.6 is 0 Å². The van der Waals surface area contributed by atoms with E-state index in [1.54, 1.807) is 18.0 Å². The van der Waals surface area contributed by atoms with E-state index < -0.39 is 5.41 Å². The van der Waals surface area contributed by atoms with Crippen LogP contribution in [0, 0.1) is 22.7 Å². The van der Waals surface area contributed by atoms with E-state index in [9.17, 15) is 10.1 Å². The molecule has 1 N–H and O–H groups in total. The molecule has 1 atom stereocenters. The lowest BCUT2D eigenvalue weighted by Crippen LogP contribution is -2.35. The molecule has 0 unspecified atom stereocenters. The van der Waals surface area contributed by atoms with Crippen LogP contribution in [0.4, 0.5) is 10.5 Å². The van der Waals surface area contributed by atoms with Crippen molar-refractivity contribution in [3.8, 4) is 12.1 Å². The van der Waals surface area contributed by atoms with Crippen LogP contribution in [-0.2, 0) is 18.4 Å². The molecule has 0 saturated carbocycles. The Morgan fingerprint density at radius 3 is 2.76 bits per heavy atom. The van der Waals surface area contributed by atoms with Crippen molar-refractivity contribution in [1.82, 2.24) is 4.90 Å². The first-order valence-electron chi connectivity index (χ1n) is 8.01. The van der Waals surface area contributed by atoms with Crippen LogP contribution in [0.2, 0.25) is 0 Å². The quantitative estimate of drug-likeness (QED) is 0.934. The van der Waals surface area contributed by atoms with E-state index in [-0.39, 0.29) is 6.03 Å². The summed E-state index contributed by atoms with van der Waals surface area (Å²) in [5.74, 6) is 0. The summed E-state index contributed by atoms with van der Waals surface area (Å²) in [6.45, 7) is 2.43. The molecule has 3 rings (SSSR count). The molecule has 1 aliphatic rings. The van der Waals surface area contributed by atoms with Gasteiger partial charge in [-0.3, -0.25) is 0 Å². The molecule has 0 radical (unpaired) electrons. The second kappa shape index (κ2) is 6.30. The number of urea groups is 1. The number of nitrogens with one attached hydrogen (secondary N) is 1. The molecule has 124 valence electrons. The summed E-state index contributed by atoms with van der Waals surface area (Å²) >= 11 is 0. The number of anilines is 1. The normalized spacial score (nSPS) is 15.4. The van der Waals surface area contributed by atoms with Crippen molar-refractivity contribution >= 4 is 11.7 Å². The lowest BCUT2D eigenvalue weighted by atomic mass is 9.78. The van der Waals surface area contributed by atoms with Crippen LogP contribution in [0.3, 0.4) is 0 Å². The minimum atomic E-state index is -0.753. The van der Waals surface area contributed by atoms with Gasteiger partial charge >= 0.3 is 6.03 Å². The summed E-state index contributed by atoms with van der Waals surface area (Å²) in [5.41, 5.74) is 3.39. The van der Waals surface area contributed by atoms with Gasteiger partial charge in [-0.25, -0.2) is 4.79 Å². The molecular formula is C20H18N4O. The summed E-state index contributed by atoms with van der Waals surface area (Å²) in [7, 11) is 1.74. The molecule has 0 aliphatic carbocycles. The maximum atomic E-state index is 11.9. The summed E-state index contributed by atoms with van der Waals surface area (Å²) in [5, 5.41) is 21.7. The highest BCUT2D eigenvalue weighted by Crippen LogP contribution is 2.32. The Morgan fingerprint density at radius 2 is 2.04 bits per heavy atom. The van der Waals surface area contributed by atoms with Crippen LogP contribution in [0.15, 0.2) is 42.5 Å². The van der Waals surface area contributed by atoms with Gasteiger partial charge in [-0.05, 0) is 48.2 Å². The molecule has 1 aliphatic heterocycles. The molecule has 0 spiro atoms. The van der Waals surface area contributed by atoms with Crippen LogP contribution in [0.5, 0.6) is 0 Å². The van der Waals surface area contributed by atoms with Crippen molar-refractivity contribution < 1.29 is 4.79 Å². The van der Waals surface area contributed by atoms with Gasteiger partial charge in [0, 0.05) is 19.3 Å². The van der Waals surface area contributed by atoms with Gasteiger partial charge in [0.1, 0.15) is 0 Å². The molecule has 2 amide bonds. The zero-order valence-electron chi connectivity index (χ0n) is 14.2. The number of fused-ring (bicyclic) bond motifs is 1. The average molecular weight is 330 g/mol. The first kappa shape index (κ1) is 16.5. The van der Waals surface area contributed by atoms with Gasteiger partial charge < -0.3 is 10.2 Å². The fraction of sp³-hybridized carbons (Fsp3) is 0.250. The molecular weight excluding hydrogens is 312 g/mol. The molecule has 2 aromatic rings. The number of hydrogen-bond acceptors (Lipinski definition) is 3. The number of carbonyl (C=O) groups excluding carboxylic acids is 1. The predicted octanol–water partition coefficient (Wildman–Crippen LogP) is 3.56. The zero-order chi connectivity index (χ0) is 18.0. The lowest BCUT2D eigenvalue weighted by Gasteiger charge is -2.29. The van der Waals surface area contributed by atoms with Gasteiger partial charge in [-0.2, -0.15) is 10.5 Å². The Labute approximate surface area is 147 Å². The molecule has 25 heavy (non-hydrogen) atoms. The van der Waals surface area contributed by atoms with E-state index in [0.717, 1.165) is 22.4 Å². The first-order valence-corrected chi connectivity index (χ1v) is 8.01. The van der Waals surface area contributed by atoms with Crippen molar-refractivity contribution in [2.75, 3.05) is 12.4 Å². The summed E-state index contributed by atoms with van der Waals surface area (Å²) in [4.78, 5) is 13.5. The highest BCUT2D eigenvalue weighted by Gasteiger charge is 2.29. The molecule has 0 aromatic heterocycles. The van der Waals surface area contributed by atoms with Crippen molar-refractivity contribution in [3.05, 3.63) is 64.7 Å². The maximum Gasteiger partial charge on any atom is 0.321 e. The topological polar surface area (TPSA) is 79.9 Å². The Balaban J connectivity index is 1.95. The monoisotopic (exact) mass is 330 g/mol. The van der Waals surface area contributed by atoms with Crippen LogP contribution in [-0.4, -0.2) is 18.0 Å². The number of amides is 2. The number of rotatable bonds is 3. The van der Waals surface area contributed by atoms with Crippen molar-refractivity contribution in [2.24, 2.45) is 0 Å². The molecule has 0 bridgehead atoms. The number of benzene rings is 2. The third-order valence-electron chi connectivity index (χ3n) is 4.60. The van der Waals surface area contributed by atoms with Gasteiger partial charge in [0.2, 0.25) is 0 Å². The van der Waals surface area contributed by atoms with Crippen molar-refractivity contribution in [3.63, 3.8) is 0 Å². The Bertz CT molecular complexity index is 922. The van der Waals surface area contributed by atoms with Crippen molar-refractivity contribution in [2.45, 2.75) is 25.3 Å². The highest BCUT2D eigenvalue weighted by atomic mass is 16.2. The Hall–Kier alpha value is -3.31. The molecule has 0 saturated heterocycles. The SMILES string of the molecule is CN1Cc2ccc([C@@](C)(C#N)Cc3cccc(C#N)c3)cc2NC1=O. The second-order valence-corrected chi connectivity index (χ2v) is 6.59. The minimum Gasteiger partial charge on any atom is -0.323 e. The predicted molar refractivity (Wildman–Crippen MR) is 94.8 cm³/mol. The molecule has 5 heteroatoms. The second-order valence-electron chi connectivity index (χ2n) is 6.59. The van der Waals surface area contributed by atoms with E-state index in [0.29, 0.717) is 18.5 Å². The first-order chi connectivity index (χ1) is 11.9. The maximum absolute atomic E-state index is 11.9. The fourth-order valence-corrected chi connectivity index (χ4v) is 3.08. The number of nitriles is 2. The standard InChI is InChI=1S/C20H18N4O/c1-20(13-22,10-14-4-3-5-15(8-14)11-21)17-7-6-16-12-24(2)19(25)23-18(16)9-17/h3-9H,10,12H2,1-2H3,(H,23,25)/t20-/m1/s1. The Kier molecular flexibility index (Phi) is 4.17. The highest BCUT2D eigenvalue weighted by molar-refractivity contribution is 5.92. The minimum absolute atomic E-state index is 0.148. The van der Waals surface area contributed by atoms with Gasteiger partial charge in [0.05, 0.1) is 23.1 Å². The third kappa shape index (κ3) is 3.18. The summed E-state index contributed by atoms with van der Waals surface area (Å²) in [6, 6.07) is 17.5.